The molecule has 0 amide bonds. The highest BCUT2D eigenvalue weighted by Gasteiger charge is 2.34. The van der Waals surface area contributed by atoms with Gasteiger partial charge in [0.25, 0.3) is 0 Å². The number of nitrogens with zero attached hydrogens (tertiary/aromatic N) is 1. The number of benzene rings is 2. The lowest BCUT2D eigenvalue weighted by Crippen LogP contribution is -2.10. The lowest BCUT2D eigenvalue weighted by molar-refractivity contribution is -0.136. The van der Waals surface area contributed by atoms with Gasteiger partial charge in [0.1, 0.15) is 0 Å². The second-order valence-corrected chi connectivity index (χ2v) is 7.39. The van der Waals surface area contributed by atoms with Gasteiger partial charge in [-0.3, -0.25) is 0 Å². The first-order valence-corrected chi connectivity index (χ1v) is 8.33. The van der Waals surface area contributed by atoms with Crippen molar-refractivity contribution < 1.29 is 23.1 Å². The zero-order chi connectivity index (χ0) is 20.0. The summed E-state index contributed by atoms with van der Waals surface area (Å²) in [5.41, 5.74) is 0.213. The van der Waals surface area contributed by atoms with E-state index in [1.54, 1.807) is 12.1 Å². The molecule has 3 rings (SSSR count). The van der Waals surface area contributed by atoms with Gasteiger partial charge in [0.15, 0.2) is 0 Å². The lowest BCUT2D eigenvalue weighted by atomic mass is 9.86. The van der Waals surface area contributed by atoms with Crippen LogP contribution >= 0.6 is 0 Å². The van der Waals surface area contributed by atoms with Crippen LogP contribution in [0.5, 0.6) is 0 Å². The minimum absolute atomic E-state index is 0.0348. The Bertz CT molecular complexity index is 1020. The Morgan fingerprint density at radius 3 is 2.15 bits per heavy atom. The molecule has 6 heteroatoms. The van der Waals surface area contributed by atoms with Crippen molar-refractivity contribution in [3.8, 4) is 11.3 Å². The molecule has 0 saturated carbocycles. The molecular weight excluding hydrogens is 355 g/mol. The molecule has 0 fully saturated rings. The number of rotatable bonds is 2. The summed E-state index contributed by atoms with van der Waals surface area (Å²) in [6.07, 6.45) is -4.63. The third-order valence-corrected chi connectivity index (χ3v) is 4.42. The minimum atomic E-state index is -4.63. The molecule has 0 saturated heterocycles. The van der Waals surface area contributed by atoms with Crippen LogP contribution in [0.1, 0.15) is 42.3 Å². The molecule has 1 heterocycles. The summed E-state index contributed by atoms with van der Waals surface area (Å²) in [6, 6.07) is 12.0. The van der Waals surface area contributed by atoms with Crippen LogP contribution < -0.4 is 0 Å². The molecule has 27 heavy (non-hydrogen) atoms. The van der Waals surface area contributed by atoms with Gasteiger partial charge in [0.2, 0.25) is 0 Å². The van der Waals surface area contributed by atoms with Gasteiger partial charge in [-0.1, -0.05) is 57.2 Å². The largest absolute Gasteiger partial charge is 0.478 e. The minimum Gasteiger partial charge on any atom is -0.478 e. The number of pyridine rings is 1. The molecule has 140 valence electrons. The van der Waals surface area contributed by atoms with Crippen molar-refractivity contribution >= 4 is 16.9 Å². The molecule has 0 aliphatic carbocycles. The second kappa shape index (κ2) is 6.37. The van der Waals surface area contributed by atoms with Crippen molar-refractivity contribution in [2.75, 3.05) is 0 Å². The van der Waals surface area contributed by atoms with Crippen molar-refractivity contribution in [3.05, 3.63) is 65.2 Å². The molecule has 1 aromatic heterocycles. The summed E-state index contributed by atoms with van der Waals surface area (Å²) in [4.78, 5) is 15.8. The maximum Gasteiger partial charge on any atom is 0.418 e. The number of hydrogen-bond donors (Lipinski definition) is 1. The third kappa shape index (κ3) is 3.65. The number of halogens is 3. The van der Waals surface area contributed by atoms with E-state index in [0.717, 1.165) is 11.6 Å². The Hall–Kier alpha value is -2.89. The predicted octanol–water partition coefficient (Wildman–Crippen LogP) is 5.92. The average Bonchev–Trinajstić information content (AvgIpc) is 2.58. The van der Waals surface area contributed by atoms with Gasteiger partial charge in [-0.2, -0.15) is 13.2 Å². The molecular formula is C21H18F3NO2. The smallest absolute Gasteiger partial charge is 0.418 e. The van der Waals surface area contributed by atoms with E-state index < -0.39 is 17.7 Å². The molecule has 1 N–H and O–H groups in total. The summed E-state index contributed by atoms with van der Waals surface area (Å²) in [5, 5.41) is 9.45. The number of hydrogen-bond acceptors (Lipinski definition) is 2. The molecule has 2 aromatic carbocycles. The van der Waals surface area contributed by atoms with Crippen molar-refractivity contribution in [1.82, 2.24) is 4.98 Å². The topological polar surface area (TPSA) is 50.2 Å². The van der Waals surface area contributed by atoms with Crippen LogP contribution in [0, 0.1) is 0 Å². The van der Waals surface area contributed by atoms with E-state index in [4.69, 9.17) is 0 Å². The quantitative estimate of drug-likeness (QED) is 0.607. The van der Waals surface area contributed by atoms with Crippen LogP contribution in [-0.2, 0) is 11.6 Å². The van der Waals surface area contributed by atoms with Crippen molar-refractivity contribution in [2.45, 2.75) is 32.4 Å². The fourth-order valence-corrected chi connectivity index (χ4v) is 2.94. The highest BCUT2D eigenvalue weighted by Crippen LogP contribution is 2.36. The SMILES string of the molecule is CC(C)(C)c1ccc(-c2cc(C(=O)O)c3cccc(C(F)(F)F)c3n2)cc1. The third-order valence-electron chi connectivity index (χ3n) is 4.42. The monoisotopic (exact) mass is 373 g/mol. The molecule has 3 aromatic rings. The number of para-hydroxylation sites is 1. The Labute approximate surface area is 154 Å². The van der Waals surface area contributed by atoms with E-state index in [0.29, 0.717) is 5.56 Å². The lowest BCUT2D eigenvalue weighted by Gasteiger charge is -2.19. The van der Waals surface area contributed by atoms with Gasteiger partial charge in [-0.25, -0.2) is 9.78 Å². The summed E-state index contributed by atoms with van der Waals surface area (Å²) in [5.74, 6) is -1.30. The van der Waals surface area contributed by atoms with E-state index in [1.807, 2.05) is 12.1 Å². The van der Waals surface area contributed by atoms with Crippen LogP contribution in [0.3, 0.4) is 0 Å². The fourth-order valence-electron chi connectivity index (χ4n) is 2.94. The summed E-state index contributed by atoms with van der Waals surface area (Å²) < 4.78 is 40.1. The van der Waals surface area contributed by atoms with Gasteiger partial charge in [0, 0.05) is 10.9 Å². The summed E-state index contributed by atoms with van der Waals surface area (Å²) >= 11 is 0. The Morgan fingerprint density at radius 2 is 1.63 bits per heavy atom. The maximum atomic E-state index is 13.4. The number of carboxylic acids is 1. The molecule has 3 nitrogen and oxygen atoms in total. The van der Waals surface area contributed by atoms with E-state index in [1.165, 1.54) is 18.2 Å². The fraction of sp³-hybridized carbons (Fsp3) is 0.238. The molecule has 0 aliphatic rings. The van der Waals surface area contributed by atoms with Crippen LogP contribution in [0.15, 0.2) is 48.5 Å². The van der Waals surface area contributed by atoms with E-state index in [9.17, 15) is 23.1 Å². The second-order valence-electron chi connectivity index (χ2n) is 7.39. The van der Waals surface area contributed by atoms with Crippen LogP contribution in [0.25, 0.3) is 22.2 Å². The molecule has 0 atom stereocenters. The first-order valence-electron chi connectivity index (χ1n) is 8.33. The van der Waals surface area contributed by atoms with Crippen molar-refractivity contribution in [3.63, 3.8) is 0 Å². The average molecular weight is 373 g/mol. The number of carboxylic acid groups (broad SMARTS) is 1. The molecule has 0 spiro atoms. The highest BCUT2D eigenvalue weighted by atomic mass is 19.4. The first-order chi connectivity index (χ1) is 12.5. The van der Waals surface area contributed by atoms with Gasteiger partial charge < -0.3 is 5.11 Å². The van der Waals surface area contributed by atoms with Gasteiger partial charge in [-0.15, -0.1) is 0 Å². The number of aromatic nitrogens is 1. The number of carbonyl (C=O) groups is 1. The van der Waals surface area contributed by atoms with E-state index in [-0.39, 0.29) is 27.6 Å². The number of fused-ring (bicyclic) bond motifs is 1. The highest BCUT2D eigenvalue weighted by molar-refractivity contribution is 6.04. The number of alkyl halides is 3. The number of aromatic carboxylic acids is 1. The summed E-state index contributed by atoms with van der Waals surface area (Å²) in [7, 11) is 0. The van der Waals surface area contributed by atoms with E-state index in [2.05, 4.69) is 25.8 Å². The summed E-state index contributed by atoms with van der Waals surface area (Å²) in [6.45, 7) is 6.15. The maximum absolute atomic E-state index is 13.4. The zero-order valence-electron chi connectivity index (χ0n) is 15.1. The Balaban J connectivity index is 2.27. The molecule has 0 bridgehead atoms. The molecule has 0 radical (unpaired) electrons. The van der Waals surface area contributed by atoms with Gasteiger partial charge in [0.05, 0.1) is 22.3 Å². The van der Waals surface area contributed by atoms with Crippen molar-refractivity contribution in [2.24, 2.45) is 0 Å². The van der Waals surface area contributed by atoms with Crippen LogP contribution in [0.4, 0.5) is 13.2 Å². The van der Waals surface area contributed by atoms with Crippen LogP contribution in [0.2, 0.25) is 0 Å². The van der Waals surface area contributed by atoms with Crippen molar-refractivity contribution in [1.29, 1.82) is 0 Å². The van der Waals surface area contributed by atoms with E-state index >= 15 is 0 Å². The molecule has 0 aliphatic heterocycles. The zero-order valence-corrected chi connectivity index (χ0v) is 15.1. The Kier molecular flexibility index (Phi) is 4.46. The van der Waals surface area contributed by atoms with Gasteiger partial charge >= 0.3 is 12.1 Å². The van der Waals surface area contributed by atoms with Crippen LogP contribution in [-0.4, -0.2) is 16.1 Å². The first kappa shape index (κ1) is 18.9. The Morgan fingerprint density at radius 1 is 1.00 bits per heavy atom. The predicted molar refractivity (Wildman–Crippen MR) is 97.8 cm³/mol. The van der Waals surface area contributed by atoms with Gasteiger partial charge in [-0.05, 0) is 23.1 Å². The standard InChI is InChI=1S/C21H18F3NO2/c1-20(2,3)13-9-7-12(8-10-13)17-11-15(19(26)27)14-5-4-6-16(18(14)25-17)21(22,23)24/h4-11H,1-3H3,(H,26,27). The normalized spacial score (nSPS) is 12.4. The molecule has 0 unspecified atom stereocenters.